The van der Waals surface area contributed by atoms with Gasteiger partial charge in [0.1, 0.15) is 12.4 Å². The number of nitrogens with zero attached hydrogens (tertiary/aromatic N) is 3. The Morgan fingerprint density at radius 1 is 0.844 bits per heavy atom. The van der Waals surface area contributed by atoms with Gasteiger partial charge in [0.05, 0.1) is 28.7 Å². The molecule has 0 aliphatic heterocycles. The zero-order chi connectivity index (χ0) is 33.2. The molecule has 0 amide bonds. The summed E-state index contributed by atoms with van der Waals surface area (Å²) in [6, 6.07) is 14.7. The molecule has 0 atom stereocenters. The normalized spacial score (nSPS) is 19.4. The standard InChI is InChI=1S/C28H29N3O12S2/c1-16-12-20(7-10-22(16)17-5-8-21(9-6-17)45(2,41)42)43-15-19-14-30-23(31(19)18-4-3-11-29-13-18)44-28(40)26(36,37)24(32,33)25(34,35)27(28,38)39/h3-14,32-40H,15H2,1-2H3. The van der Waals surface area contributed by atoms with Crippen molar-refractivity contribution in [3.63, 3.8) is 0 Å². The number of imidazole rings is 1. The molecule has 0 radical (unpaired) electrons. The van der Waals surface area contributed by atoms with E-state index in [4.69, 9.17) is 4.74 Å². The Labute approximate surface area is 259 Å². The fourth-order valence-corrected chi connectivity index (χ4v) is 6.75. The Morgan fingerprint density at radius 3 is 2.00 bits per heavy atom. The van der Waals surface area contributed by atoms with Gasteiger partial charge in [0.25, 0.3) is 23.1 Å². The largest absolute Gasteiger partial charge is 0.487 e. The molecule has 2 aromatic carbocycles. The van der Waals surface area contributed by atoms with E-state index in [2.05, 4.69) is 9.97 Å². The maximum absolute atomic E-state index is 11.8. The summed E-state index contributed by atoms with van der Waals surface area (Å²) in [5.74, 6) is -17.2. The summed E-state index contributed by atoms with van der Waals surface area (Å²) in [5, 5.41) is 92.5. The van der Waals surface area contributed by atoms with Crippen LogP contribution in [0.15, 0.2) is 83.2 Å². The highest BCUT2D eigenvalue weighted by Gasteiger charge is 2.91. The molecule has 240 valence electrons. The van der Waals surface area contributed by atoms with Gasteiger partial charge in [-0.05, 0) is 71.8 Å². The van der Waals surface area contributed by atoms with Crippen LogP contribution in [-0.2, 0) is 16.4 Å². The molecule has 5 rings (SSSR count). The maximum atomic E-state index is 11.8. The van der Waals surface area contributed by atoms with Crippen LogP contribution in [0.2, 0.25) is 0 Å². The van der Waals surface area contributed by atoms with Crippen molar-refractivity contribution in [1.82, 2.24) is 14.5 Å². The van der Waals surface area contributed by atoms with E-state index in [0.29, 0.717) is 5.75 Å². The smallest absolute Gasteiger partial charge is 0.284 e. The van der Waals surface area contributed by atoms with E-state index in [1.54, 1.807) is 30.3 Å². The van der Waals surface area contributed by atoms with Crippen LogP contribution in [0.4, 0.5) is 0 Å². The Bertz CT molecular complexity index is 1810. The number of sulfone groups is 1. The van der Waals surface area contributed by atoms with Crippen molar-refractivity contribution in [3.8, 4) is 22.6 Å². The molecular weight excluding hydrogens is 634 g/mol. The van der Waals surface area contributed by atoms with Gasteiger partial charge in [-0.1, -0.05) is 18.2 Å². The van der Waals surface area contributed by atoms with E-state index < -0.39 is 43.1 Å². The Kier molecular flexibility index (Phi) is 7.91. The van der Waals surface area contributed by atoms with Gasteiger partial charge in [0.15, 0.2) is 15.0 Å². The molecule has 15 nitrogen and oxygen atoms in total. The van der Waals surface area contributed by atoms with Gasteiger partial charge in [-0.25, -0.2) is 13.4 Å². The minimum absolute atomic E-state index is 0.191. The molecule has 0 saturated heterocycles. The molecule has 1 aliphatic carbocycles. The van der Waals surface area contributed by atoms with Gasteiger partial charge < -0.3 is 50.7 Å². The highest BCUT2D eigenvalue weighted by atomic mass is 32.2. The number of pyridine rings is 1. The number of thioether (sulfide) groups is 1. The summed E-state index contributed by atoms with van der Waals surface area (Å²) < 4.78 is 30.8. The fraction of sp³-hybridized carbons (Fsp3) is 0.286. The minimum Gasteiger partial charge on any atom is -0.487 e. The highest BCUT2D eigenvalue weighted by molar-refractivity contribution is 8.00. The van der Waals surface area contributed by atoms with Crippen LogP contribution >= 0.6 is 11.8 Å². The van der Waals surface area contributed by atoms with Gasteiger partial charge in [-0.2, -0.15) is 0 Å². The van der Waals surface area contributed by atoms with Crippen molar-refractivity contribution >= 4 is 21.6 Å². The molecule has 9 N–H and O–H groups in total. The lowest BCUT2D eigenvalue weighted by atomic mass is 10.0. The first-order valence-corrected chi connectivity index (χ1v) is 15.7. The van der Waals surface area contributed by atoms with Gasteiger partial charge in [-0.15, -0.1) is 0 Å². The molecule has 0 bridgehead atoms. The second-order valence-corrected chi connectivity index (χ2v) is 13.8. The summed E-state index contributed by atoms with van der Waals surface area (Å²) >= 11 is -0.213. The van der Waals surface area contributed by atoms with Crippen LogP contribution in [0.5, 0.6) is 5.75 Å². The fourth-order valence-electron chi connectivity index (χ4n) is 4.87. The predicted octanol–water partition coefficient (Wildman–Crippen LogP) is -1.26. The number of aromatic nitrogens is 3. The maximum Gasteiger partial charge on any atom is 0.284 e. The molecule has 2 aromatic heterocycles. The third-order valence-electron chi connectivity index (χ3n) is 7.53. The first kappa shape index (κ1) is 32.9. The van der Waals surface area contributed by atoms with Gasteiger partial charge in [0, 0.05) is 12.5 Å². The second kappa shape index (κ2) is 10.8. The molecule has 1 aliphatic rings. The van der Waals surface area contributed by atoms with Crippen LogP contribution in [0.25, 0.3) is 16.8 Å². The average molecular weight is 664 g/mol. The third-order valence-corrected chi connectivity index (χ3v) is 9.99. The first-order chi connectivity index (χ1) is 20.8. The van der Waals surface area contributed by atoms with Crippen LogP contribution < -0.4 is 4.74 Å². The van der Waals surface area contributed by atoms with Gasteiger partial charge in [0.2, 0.25) is 4.93 Å². The zero-order valence-electron chi connectivity index (χ0n) is 23.5. The number of hydrogen-bond donors (Lipinski definition) is 9. The van der Waals surface area contributed by atoms with Crippen molar-refractivity contribution in [3.05, 3.63) is 84.4 Å². The summed E-state index contributed by atoms with van der Waals surface area (Å²) in [6.45, 7) is 1.64. The van der Waals surface area contributed by atoms with Gasteiger partial charge in [-0.3, -0.25) is 9.55 Å². The lowest BCUT2D eigenvalue weighted by Crippen LogP contribution is -2.66. The number of rotatable bonds is 8. The zero-order valence-corrected chi connectivity index (χ0v) is 25.2. The van der Waals surface area contributed by atoms with E-state index in [-0.39, 0.29) is 34.6 Å². The lowest BCUT2D eigenvalue weighted by molar-refractivity contribution is -0.452. The van der Waals surface area contributed by atoms with Crippen molar-refractivity contribution in [2.24, 2.45) is 0 Å². The molecule has 4 aromatic rings. The highest BCUT2D eigenvalue weighted by Crippen LogP contribution is 2.59. The monoisotopic (exact) mass is 663 g/mol. The molecule has 2 heterocycles. The summed E-state index contributed by atoms with van der Waals surface area (Å²) in [4.78, 5) is 4.37. The van der Waals surface area contributed by atoms with E-state index in [1.807, 2.05) is 6.92 Å². The molecule has 17 heteroatoms. The number of aliphatic hydroxyl groups is 9. The minimum atomic E-state index is -4.46. The number of hydrogen-bond acceptors (Lipinski definition) is 15. The molecule has 0 unspecified atom stereocenters. The molecule has 0 spiro atoms. The van der Waals surface area contributed by atoms with Crippen molar-refractivity contribution in [2.75, 3.05) is 6.26 Å². The van der Waals surface area contributed by atoms with E-state index >= 15 is 0 Å². The Morgan fingerprint density at radius 2 is 1.47 bits per heavy atom. The van der Waals surface area contributed by atoms with E-state index in [1.165, 1.54) is 47.4 Å². The SMILES string of the molecule is Cc1cc(OCc2cnc(SC3(O)C(O)(O)C(O)(O)C(O)(O)C3(O)O)n2-c2cccnc2)ccc1-c1ccc(S(C)(=O)=O)cc1. The molecule has 45 heavy (non-hydrogen) atoms. The van der Waals surface area contributed by atoms with E-state index in [9.17, 15) is 54.4 Å². The molecule has 1 saturated carbocycles. The van der Waals surface area contributed by atoms with Crippen LogP contribution in [0.1, 0.15) is 11.3 Å². The van der Waals surface area contributed by atoms with Crippen molar-refractivity contribution < 1.29 is 59.1 Å². The van der Waals surface area contributed by atoms with Crippen LogP contribution in [0, 0.1) is 6.92 Å². The number of benzene rings is 2. The van der Waals surface area contributed by atoms with Crippen LogP contribution in [0.3, 0.4) is 0 Å². The number of aryl methyl sites for hydroxylation is 1. The predicted molar refractivity (Wildman–Crippen MR) is 155 cm³/mol. The lowest BCUT2D eigenvalue weighted by Gasteiger charge is -2.38. The Hall–Kier alpha value is -3.46. The Balaban J connectivity index is 1.46. The summed E-state index contributed by atoms with van der Waals surface area (Å²) in [7, 11) is -3.35. The topological polar surface area (TPSA) is 256 Å². The average Bonchev–Trinajstić information content (AvgIpc) is 3.39. The first-order valence-electron chi connectivity index (χ1n) is 13.0. The third kappa shape index (κ3) is 5.02. The van der Waals surface area contributed by atoms with Crippen molar-refractivity contribution in [2.45, 2.75) is 51.7 Å². The van der Waals surface area contributed by atoms with Gasteiger partial charge >= 0.3 is 0 Å². The second-order valence-electron chi connectivity index (χ2n) is 10.6. The summed E-state index contributed by atoms with van der Waals surface area (Å²) in [5.41, 5.74) is 2.93. The number of ether oxygens (including phenoxy) is 1. The molecular formula is C28H29N3O12S2. The van der Waals surface area contributed by atoms with Crippen molar-refractivity contribution in [1.29, 1.82) is 0 Å². The van der Waals surface area contributed by atoms with E-state index in [0.717, 1.165) is 22.9 Å². The van der Waals surface area contributed by atoms with Crippen LogP contribution in [-0.4, -0.2) is 103 Å². The quantitative estimate of drug-likeness (QED) is 0.0998. The summed E-state index contributed by atoms with van der Waals surface area (Å²) in [6.07, 6.45) is 5.16. The molecule has 1 fully saturated rings.